The van der Waals surface area contributed by atoms with Crippen molar-refractivity contribution in [3.8, 4) is 0 Å². The lowest BCUT2D eigenvalue weighted by Crippen LogP contribution is -2.46. The first kappa shape index (κ1) is 16.7. The normalized spacial score (nSPS) is 13.8. The number of hydrogen-bond donors (Lipinski definition) is 2. The molecule has 0 aliphatic rings. The summed E-state index contributed by atoms with van der Waals surface area (Å²) in [6, 6.07) is 3.99. The summed E-state index contributed by atoms with van der Waals surface area (Å²) in [4.78, 5) is 24.6. The second-order valence-electron chi connectivity index (χ2n) is 6.72. The number of carboxylic acids is 1. The summed E-state index contributed by atoms with van der Waals surface area (Å²) in [5, 5.41) is 14.0. The molecule has 1 amide bonds. The highest BCUT2D eigenvalue weighted by Crippen LogP contribution is 2.29. The van der Waals surface area contributed by atoms with Crippen LogP contribution in [0.3, 0.4) is 0 Å². The van der Waals surface area contributed by atoms with Gasteiger partial charge in [-0.05, 0) is 16.9 Å². The molecule has 0 aliphatic carbocycles. The van der Waals surface area contributed by atoms with E-state index in [-0.39, 0.29) is 5.41 Å². The van der Waals surface area contributed by atoms with Gasteiger partial charge in [-0.2, -0.15) is 0 Å². The second kappa shape index (κ2) is 5.95. The monoisotopic (exact) mass is 297 g/mol. The van der Waals surface area contributed by atoms with Gasteiger partial charge in [0.1, 0.15) is 5.92 Å². The lowest BCUT2D eigenvalue weighted by Gasteiger charge is -2.29. The summed E-state index contributed by atoms with van der Waals surface area (Å²) < 4.78 is 0. The molecular weight excluding hydrogens is 274 g/mol. The number of hydrogen-bond acceptors (Lipinski definition) is 3. The van der Waals surface area contributed by atoms with Crippen LogP contribution >= 0.6 is 11.3 Å². The average Bonchev–Trinajstić information content (AvgIpc) is 2.77. The van der Waals surface area contributed by atoms with Gasteiger partial charge in [0, 0.05) is 16.8 Å². The second-order valence-corrected chi connectivity index (χ2v) is 7.66. The van der Waals surface area contributed by atoms with E-state index in [1.54, 1.807) is 32.1 Å². The zero-order valence-corrected chi connectivity index (χ0v) is 13.5. The zero-order valence-electron chi connectivity index (χ0n) is 12.7. The molecule has 0 aromatic carbocycles. The van der Waals surface area contributed by atoms with Crippen LogP contribution in [0.25, 0.3) is 0 Å². The Balaban J connectivity index is 2.74. The fraction of sp³-hybridized carbons (Fsp3) is 0.600. The Morgan fingerprint density at radius 3 is 2.30 bits per heavy atom. The Kier molecular flexibility index (Phi) is 4.97. The van der Waals surface area contributed by atoms with Crippen molar-refractivity contribution in [2.75, 3.05) is 6.54 Å². The Bertz CT molecular complexity index is 472. The van der Waals surface area contributed by atoms with E-state index in [1.165, 1.54) is 4.88 Å². The maximum atomic E-state index is 12.2. The SMILES string of the molecule is CC(C)(CNC(=O)C(C(=O)O)C(C)(C)C)c1cccs1. The summed E-state index contributed by atoms with van der Waals surface area (Å²) >= 11 is 1.63. The van der Waals surface area contributed by atoms with Crippen LogP contribution in [0.5, 0.6) is 0 Å². The molecule has 20 heavy (non-hydrogen) atoms. The van der Waals surface area contributed by atoms with E-state index in [0.29, 0.717) is 6.54 Å². The molecule has 1 rings (SSSR count). The molecule has 0 aliphatic heterocycles. The van der Waals surface area contributed by atoms with Crippen LogP contribution in [0, 0.1) is 11.3 Å². The lowest BCUT2D eigenvalue weighted by atomic mass is 9.80. The molecule has 4 nitrogen and oxygen atoms in total. The van der Waals surface area contributed by atoms with E-state index in [1.807, 2.05) is 31.4 Å². The topological polar surface area (TPSA) is 66.4 Å². The van der Waals surface area contributed by atoms with Gasteiger partial charge in [0.2, 0.25) is 5.91 Å². The van der Waals surface area contributed by atoms with Gasteiger partial charge in [-0.1, -0.05) is 40.7 Å². The minimum Gasteiger partial charge on any atom is -0.481 e. The van der Waals surface area contributed by atoms with Crippen molar-refractivity contribution >= 4 is 23.2 Å². The molecule has 1 aromatic rings. The Morgan fingerprint density at radius 1 is 1.30 bits per heavy atom. The van der Waals surface area contributed by atoms with E-state index in [2.05, 4.69) is 5.32 Å². The van der Waals surface area contributed by atoms with Crippen molar-refractivity contribution in [1.29, 1.82) is 0 Å². The van der Waals surface area contributed by atoms with Crippen molar-refractivity contribution in [1.82, 2.24) is 5.32 Å². The van der Waals surface area contributed by atoms with Gasteiger partial charge >= 0.3 is 5.97 Å². The van der Waals surface area contributed by atoms with Gasteiger partial charge in [-0.25, -0.2) is 0 Å². The summed E-state index contributed by atoms with van der Waals surface area (Å²) in [5.41, 5.74) is -0.812. The highest BCUT2D eigenvalue weighted by Gasteiger charge is 2.38. The van der Waals surface area contributed by atoms with Crippen molar-refractivity contribution in [3.63, 3.8) is 0 Å². The summed E-state index contributed by atoms with van der Waals surface area (Å²) in [6.45, 7) is 9.77. The van der Waals surface area contributed by atoms with Crippen molar-refractivity contribution in [2.45, 2.75) is 40.0 Å². The standard InChI is InChI=1S/C15H23NO3S/c1-14(2,3)11(13(18)19)12(17)16-9-15(4,5)10-7-6-8-20-10/h6-8,11H,9H2,1-5H3,(H,16,17)(H,18,19). The van der Waals surface area contributed by atoms with E-state index < -0.39 is 23.2 Å². The molecule has 1 unspecified atom stereocenters. The van der Waals surface area contributed by atoms with Crippen LogP contribution < -0.4 is 5.32 Å². The van der Waals surface area contributed by atoms with Gasteiger partial charge < -0.3 is 10.4 Å². The first-order valence-corrected chi connectivity index (χ1v) is 7.48. The number of carbonyl (C=O) groups excluding carboxylic acids is 1. The first-order valence-electron chi connectivity index (χ1n) is 6.60. The molecule has 0 fully saturated rings. The molecule has 1 atom stereocenters. The molecule has 0 radical (unpaired) electrons. The van der Waals surface area contributed by atoms with Crippen LogP contribution in [-0.2, 0) is 15.0 Å². The Morgan fingerprint density at radius 2 is 1.90 bits per heavy atom. The third-order valence-electron chi connectivity index (χ3n) is 3.27. The van der Waals surface area contributed by atoms with Crippen molar-refractivity contribution in [2.24, 2.45) is 11.3 Å². The maximum absolute atomic E-state index is 12.2. The quantitative estimate of drug-likeness (QED) is 0.821. The largest absolute Gasteiger partial charge is 0.481 e. The summed E-state index contributed by atoms with van der Waals surface area (Å²) in [5.74, 6) is -2.54. The number of carbonyl (C=O) groups is 2. The Hall–Kier alpha value is -1.36. The highest BCUT2D eigenvalue weighted by molar-refractivity contribution is 7.10. The molecule has 112 valence electrons. The smallest absolute Gasteiger partial charge is 0.316 e. The van der Waals surface area contributed by atoms with Crippen molar-refractivity contribution in [3.05, 3.63) is 22.4 Å². The molecule has 0 spiro atoms. The molecule has 5 heteroatoms. The predicted octanol–water partition coefficient (Wildman–Crippen LogP) is 2.89. The number of thiophene rings is 1. The molecule has 0 bridgehead atoms. The van der Waals surface area contributed by atoms with Gasteiger partial charge in [-0.15, -0.1) is 11.3 Å². The minimum atomic E-state index is -1.08. The molecule has 1 heterocycles. The maximum Gasteiger partial charge on any atom is 0.316 e. The van der Waals surface area contributed by atoms with Gasteiger partial charge in [0.05, 0.1) is 0 Å². The predicted molar refractivity (Wildman–Crippen MR) is 80.9 cm³/mol. The van der Waals surface area contributed by atoms with Crippen LogP contribution in [0.2, 0.25) is 0 Å². The number of rotatable bonds is 5. The summed E-state index contributed by atoms with van der Waals surface area (Å²) in [7, 11) is 0. The third kappa shape index (κ3) is 4.07. The van der Waals surface area contributed by atoms with E-state index in [0.717, 1.165) is 0 Å². The van der Waals surface area contributed by atoms with Crippen LogP contribution in [0.4, 0.5) is 0 Å². The number of aliphatic carboxylic acids is 1. The number of nitrogens with one attached hydrogen (secondary N) is 1. The molecular formula is C15H23NO3S. The number of amides is 1. The van der Waals surface area contributed by atoms with Crippen LogP contribution in [0.15, 0.2) is 17.5 Å². The molecule has 2 N–H and O–H groups in total. The van der Waals surface area contributed by atoms with Crippen LogP contribution in [-0.4, -0.2) is 23.5 Å². The molecule has 0 saturated carbocycles. The highest BCUT2D eigenvalue weighted by atomic mass is 32.1. The fourth-order valence-electron chi connectivity index (χ4n) is 2.04. The van der Waals surface area contributed by atoms with Crippen molar-refractivity contribution < 1.29 is 14.7 Å². The van der Waals surface area contributed by atoms with Gasteiger partial charge in [0.25, 0.3) is 0 Å². The first-order chi connectivity index (χ1) is 9.05. The Labute approximate surface area is 124 Å². The van der Waals surface area contributed by atoms with E-state index in [9.17, 15) is 14.7 Å². The minimum absolute atomic E-state index is 0.204. The number of carboxylic acid groups (broad SMARTS) is 1. The molecule has 0 saturated heterocycles. The van der Waals surface area contributed by atoms with E-state index >= 15 is 0 Å². The fourth-order valence-corrected chi connectivity index (χ4v) is 2.89. The summed E-state index contributed by atoms with van der Waals surface area (Å²) in [6.07, 6.45) is 0. The van der Waals surface area contributed by atoms with Gasteiger partial charge in [0.15, 0.2) is 0 Å². The molecule has 1 aromatic heterocycles. The average molecular weight is 297 g/mol. The lowest BCUT2D eigenvalue weighted by molar-refractivity contribution is -0.151. The zero-order chi connectivity index (χ0) is 15.6. The van der Waals surface area contributed by atoms with Gasteiger partial charge in [-0.3, -0.25) is 9.59 Å². The third-order valence-corrected chi connectivity index (χ3v) is 4.50. The van der Waals surface area contributed by atoms with Crippen LogP contribution in [0.1, 0.15) is 39.5 Å². The van der Waals surface area contributed by atoms with E-state index in [4.69, 9.17) is 0 Å².